The van der Waals surface area contributed by atoms with Gasteiger partial charge in [0.05, 0.1) is 0 Å². The average Bonchev–Trinajstić information content (AvgIpc) is 2.83. The molecule has 0 saturated heterocycles. The Kier molecular flexibility index (Phi) is 9.72. The number of carbonyl (C=O) groups excluding carboxylic acids is 1. The van der Waals surface area contributed by atoms with Gasteiger partial charge in [-0.3, -0.25) is 4.99 Å². The lowest BCUT2D eigenvalue weighted by Crippen LogP contribution is -2.45. The fourth-order valence-corrected chi connectivity index (χ4v) is 2.12. The van der Waals surface area contributed by atoms with Crippen LogP contribution >= 0.6 is 24.0 Å². The van der Waals surface area contributed by atoms with Crippen LogP contribution in [0.4, 0.5) is 4.79 Å². The number of alkyl carbamates (subject to hydrolysis) is 1. The number of aliphatic imine (C=N–C) groups is 1. The van der Waals surface area contributed by atoms with Crippen LogP contribution in [0.3, 0.4) is 0 Å². The highest BCUT2D eigenvalue weighted by Crippen LogP contribution is 2.17. The van der Waals surface area contributed by atoms with Crippen LogP contribution in [-0.4, -0.2) is 43.8 Å². The molecule has 0 unspecified atom stereocenters. The van der Waals surface area contributed by atoms with E-state index in [-0.39, 0.29) is 24.0 Å². The van der Waals surface area contributed by atoms with Crippen LogP contribution in [-0.2, 0) is 4.74 Å². The van der Waals surface area contributed by atoms with Gasteiger partial charge in [0, 0.05) is 26.2 Å². The molecule has 7 heteroatoms. The third kappa shape index (κ3) is 9.76. The minimum Gasteiger partial charge on any atom is -0.444 e. The minimum atomic E-state index is -0.461. The zero-order valence-electron chi connectivity index (χ0n) is 13.5. The van der Waals surface area contributed by atoms with E-state index in [1.54, 1.807) is 7.05 Å². The van der Waals surface area contributed by atoms with Crippen LogP contribution in [0.1, 0.15) is 46.5 Å². The van der Waals surface area contributed by atoms with Crippen molar-refractivity contribution in [3.05, 3.63) is 0 Å². The van der Waals surface area contributed by atoms with Gasteiger partial charge in [0.25, 0.3) is 0 Å². The summed E-state index contributed by atoms with van der Waals surface area (Å²) in [7, 11) is 1.76. The second kappa shape index (κ2) is 10.1. The Balaban J connectivity index is 0.00000400. The standard InChI is InChI=1S/C14H28N4O2.HI/c1-14(2,3)20-13(19)17-10-9-16-12(15-4)18-11-7-5-6-8-11;/h11H,5-10H2,1-4H3,(H,17,19)(H2,15,16,18);1H. The monoisotopic (exact) mass is 412 g/mol. The SMILES string of the molecule is CN=C(NCCNC(=O)OC(C)(C)C)NC1CCCC1.I. The summed E-state index contributed by atoms with van der Waals surface area (Å²) in [5, 5.41) is 9.28. The maximum Gasteiger partial charge on any atom is 0.407 e. The maximum absolute atomic E-state index is 11.4. The van der Waals surface area contributed by atoms with Gasteiger partial charge in [-0.1, -0.05) is 12.8 Å². The van der Waals surface area contributed by atoms with Crippen LogP contribution in [0, 0.1) is 0 Å². The van der Waals surface area contributed by atoms with Gasteiger partial charge in [-0.15, -0.1) is 24.0 Å². The zero-order chi connectivity index (χ0) is 15.0. The zero-order valence-corrected chi connectivity index (χ0v) is 15.8. The van der Waals surface area contributed by atoms with E-state index in [0.717, 1.165) is 5.96 Å². The topological polar surface area (TPSA) is 74.8 Å². The van der Waals surface area contributed by atoms with E-state index in [0.29, 0.717) is 19.1 Å². The molecule has 0 spiro atoms. The Hall–Kier alpha value is -0.730. The Morgan fingerprint density at radius 3 is 2.29 bits per heavy atom. The average molecular weight is 412 g/mol. The lowest BCUT2D eigenvalue weighted by molar-refractivity contribution is 0.0529. The summed E-state index contributed by atoms with van der Waals surface area (Å²) in [5.41, 5.74) is -0.461. The highest BCUT2D eigenvalue weighted by atomic mass is 127. The fraction of sp³-hybridized carbons (Fsp3) is 0.857. The summed E-state index contributed by atoms with van der Waals surface area (Å²) in [5.74, 6) is 0.794. The van der Waals surface area contributed by atoms with Crippen molar-refractivity contribution < 1.29 is 9.53 Å². The van der Waals surface area contributed by atoms with Crippen molar-refractivity contribution in [2.45, 2.75) is 58.1 Å². The van der Waals surface area contributed by atoms with E-state index in [4.69, 9.17) is 4.74 Å². The third-order valence-electron chi connectivity index (χ3n) is 3.01. The van der Waals surface area contributed by atoms with Gasteiger partial charge in [0.2, 0.25) is 0 Å². The van der Waals surface area contributed by atoms with Gasteiger partial charge < -0.3 is 20.7 Å². The summed E-state index contributed by atoms with van der Waals surface area (Å²) < 4.78 is 5.16. The molecule has 1 rings (SSSR count). The fourth-order valence-electron chi connectivity index (χ4n) is 2.12. The normalized spacial score (nSPS) is 16.1. The Morgan fingerprint density at radius 2 is 1.76 bits per heavy atom. The van der Waals surface area contributed by atoms with Crippen molar-refractivity contribution in [1.82, 2.24) is 16.0 Å². The smallest absolute Gasteiger partial charge is 0.407 e. The van der Waals surface area contributed by atoms with Crippen LogP contribution < -0.4 is 16.0 Å². The number of ether oxygens (including phenoxy) is 1. The van der Waals surface area contributed by atoms with Crippen molar-refractivity contribution in [2.75, 3.05) is 20.1 Å². The third-order valence-corrected chi connectivity index (χ3v) is 3.01. The summed E-state index contributed by atoms with van der Waals surface area (Å²) in [6.45, 7) is 6.65. The molecular weight excluding hydrogens is 383 g/mol. The van der Waals surface area contributed by atoms with Gasteiger partial charge in [0.1, 0.15) is 5.60 Å². The molecule has 0 aromatic rings. The second-order valence-corrected chi connectivity index (χ2v) is 6.05. The molecule has 1 aliphatic carbocycles. The first-order valence-corrected chi connectivity index (χ1v) is 7.35. The number of carbonyl (C=O) groups is 1. The van der Waals surface area contributed by atoms with E-state index in [1.165, 1.54) is 25.7 Å². The molecule has 3 N–H and O–H groups in total. The molecule has 1 amide bonds. The van der Waals surface area contributed by atoms with Crippen molar-refractivity contribution in [3.63, 3.8) is 0 Å². The van der Waals surface area contributed by atoms with Crippen molar-refractivity contribution in [2.24, 2.45) is 4.99 Å². The Labute approximate surface area is 144 Å². The van der Waals surface area contributed by atoms with E-state index >= 15 is 0 Å². The largest absolute Gasteiger partial charge is 0.444 e. The number of hydrogen-bond acceptors (Lipinski definition) is 3. The number of halogens is 1. The first-order chi connectivity index (χ1) is 9.40. The van der Waals surface area contributed by atoms with Crippen molar-refractivity contribution in [1.29, 1.82) is 0 Å². The molecule has 124 valence electrons. The predicted molar refractivity (Wildman–Crippen MR) is 96.4 cm³/mol. The number of rotatable bonds is 4. The lowest BCUT2D eigenvalue weighted by Gasteiger charge is -2.20. The maximum atomic E-state index is 11.4. The van der Waals surface area contributed by atoms with E-state index in [2.05, 4.69) is 20.9 Å². The first-order valence-electron chi connectivity index (χ1n) is 7.35. The highest BCUT2D eigenvalue weighted by Gasteiger charge is 2.16. The van der Waals surface area contributed by atoms with Gasteiger partial charge in [-0.2, -0.15) is 0 Å². The number of guanidine groups is 1. The molecule has 0 bridgehead atoms. The molecular formula is C14H29IN4O2. The van der Waals surface area contributed by atoms with Gasteiger partial charge >= 0.3 is 6.09 Å². The quantitative estimate of drug-likeness (QED) is 0.287. The summed E-state index contributed by atoms with van der Waals surface area (Å²) in [6.07, 6.45) is 4.59. The summed E-state index contributed by atoms with van der Waals surface area (Å²) >= 11 is 0. The van der Waals surface area contributed by atoms with E-state index in [9.17, 15) is 4.79 Å². The van der Waals surface area contributed by atoms with E-state index < -0.39 is 11.7 Å². The molecule has 0 heterocycles. The summed E-state index contributed by atoms with van der Waals surface area (Å²) in [4.78, 5) is 15.6. The molecule has 1 aliphatic rings. The number of amides is 1. The molecule has 6 nitrogen and oxygen atoms in total. The number of nitrogens with zero attached hydrogens (tertiary/aromatic N) is 1. The van der Waals surface area contributed by atoms with Gasteiger partial charge in [0.15, 0.2) is 5.96 Å². The predicted octanol–water partition coefficient (Wildman–Crippen LogP) is 2.24. The van der Waals surface area contributed by atoms with Crippen LogP contribution in [0.15, 0.2) is 4.99 Å². The molecule has 0 aromatic carbocycles. The first kappa shape index (κ1) is 20.3. The summed E-state index contributed by atoms with van der Waals surface area (Å²) in [6, 6.07) is 0.528. The Bertz CT molecular complexity index is 336. The van der Waals surface area contributed by atoms with Gasteiger partial charge in [-0.25, -0.2) is 4.79 Å². The van der Waals surface area contributed by atoms with E-state index in [1.807, 2.05) is 20.8 Å². The minimum absolute atomic E-state index is 0. The molecule has 1 saturated carbocycles. The molecule has 1 fully saturated rings. The number of nitrogens with one attached hydrogen (secondary N) is 3. The molecule has 21 heavy (non-hydrogen) atoms. The molecule has 0 aromatic heterocycles. The number of hydrogen-bond donors (Lipinski definition) is 3. The van der Waals surface area contributed by atoms with Crippen LogP contribution in [0.5, 0.6) is 0 Å². The highest BCUT2D eigenvalue weighted by molar-refractivity contribution is 14.0. The molecule has 0 atom stereocenters. The lowest BCUT2D eigenvalue weighted by atomic mass is 10.2. The van der Waals surface area contributed by atoms with Gasteiger partial charge in [-0.05, 0) is 33.6 Å². The van der Waals surface area contributed by atoms with Crippen LogP contribution in [0.2, 0.25) is 0 Å². The van der Waals surface area contributed by atoms with Crippen molar-refractivity contribution >= 4 is 36.0 Å². The Morgan fingerprint density at radius 1 is 1.19 bits per heavy atom. The molecule has 0 aliphatic heterocycles. The second-order valence-electron chi connectivity index (χ2n) is 6.05. The van der Waals surface area contributed by atoms with Crippen molar-refractivity contribution in [3.8, 4) is 0 Å². The van der Waals surface area contributed by atoms with Crippen LogP contribution in [0.25, 0.3) is 0 Å². The molecule has 0 radical (unpaired) electrons.